The molecule has 0 bridgehead atoms. The van der Waals surface area contributed by atoms with Gasteiger partial charge in [0.2, 0.25) is 0 Å². The quantitative estimate of drug-likeness (QED) is 0.560. The number of carbonyl (C=O) groups is 2. The van der Waals surface area contributed by atoms with Gasteiger partial charge >= 0.3 is 5.97 Å². The third-order valence-corrected chi connectivity index (χ3v) is 4.62. The Bertz CT molecular complexity index is 853. The Morgan fingerprint density at radius 2 is 2.07 bits per heavy atom. The van der Waals surface area contributed by atoms with Crippen LogP contribution in [-0.4, -0.2) is 48.0 Å². The molecule has 1 aliphatic heterocycles. The highest BCUT2D eigenvalue weighted by atomic mass is 16.5. The molecule has 148 valence electrons. The maximum Gasteiger partial charge on any atom is 0.358 e. The lowest BCUT2D eigenvalue weighted by atomic mass is 9.90. The highest BCUT2D eigenvalue weighted by molar-refractivity contribution is 5.98. The number of ether oxygens (including phenoxy) is 2. The van der Waals surface area contributed by atoms with Crippen molar-refractivity contribution in [2.75, 3.05) is 25.1 Å². The van der Waals surface area contributed by atoms with Crippen LogP contribution in [0.3, 0.4) is 0 Å². The highest BCUT2D eigenvalue weighted by Gasteiger charge is 2.28. The van der Waals surface area contributed by atoms with Crippen LogP contribution in [0, 0.1) is 5.92 Å². The van der Waals surface area contributed by atoms with Gasteiger partial charge in [-0.25, -0.2) is 9.78 Å². The molecule has 7 heteroatoms. The van der Waals surface area contributed by atoms with Gasteiger partial charge in [-0.3, -0.25) is 9.78 Å². The number of ketones is 1. The van der Waals surface area contributed by atoms with E-state index in [1.165, 1.54) is 13.3 Å². The van der Waals surface area contributed by atoms with Gasteiger partial charge in [0.1, 0.15) is 11.6 Å². The van der Waals surface area contributed by atoms with E-state index >= 15 is 0 Å². The third kappa shape index (κ3) is 4.65. The molecule has 0 spiro atoms. The number of aromatic nitrogens is 2. The first-order valence-corrected chi connectivity index (χ1v) is 9.44. The first kappa shape index (κ1) is 19.8. The molecule has 2 heterocycles. The van der Waals surface area contributed by atoms with Gasteiger partial charge in [0, 0.05) is 24.6 Å². The third-order valence-electron chi connectivity index (χ3n) is 4.62. The molecule has 3 rings (SSSR count). The van der Waals surface area contributed by atoms with Crippen LogP contribution in [0.4, 0.5) is 5.82 Å². The van der Waals surface area contributed by atoms with Crippen molar-refractivity contribution in [3.8, 4) is 5.75 Å². The number of hydrogen-bond acceptors (Lipinski definition) is 7. The molecule has 28 heavy (non-hydrogen) atoms. The van der Waals surface area contributed by atoms with E-state index in [4.69, 9.17) is 9.47 Å². The van der Waals surface area contributed by atoms with E-state index in [0.29, 0.717) is 23.7 Å². The molecule has 1 aromatic heterocycles. The molecule has 0 saturated carbocycles. The second-order valence-electron chi connectivity index (χ2n) is 7.10. The smallest absolute Gasteiger partial charge is 0.358 e. The molecule has 1 fully saturated rings. The van der Waals surface area contributed by atoms with Crippen LogP contribution in [0.15, 0.2) is 36.7 Å². The van der Waals surface area contributed by atoms with E-state index in [-0.39, 0.29) is 23.5 Å². The number of nitrogens with zero attached hydrogens (tertiary/aromatic N) is 3. The molecule has 0 aliphatic carbocycles. The van der Waals surface area contributed by atoms with Crippen LogP contribution < -0.4 is 9.64 Å². The molecule has 0 amide bonds. The Balaban J connectivity index is 1.74. The van der Waals surface area contributed by atoms with Crippen LogP contribution in [0.1, 0.15) is 47.5 Å². The molecule has 1 aromatic carbocycles. The average Bonchev–Trinajstić information content (AvgIpc) is 2.72. The van der Waals surface area contributed by atoms with Crippen molar-refractivity contribution >= 4 is 17.6 Å². The van der Waals surface area contributed by atoms with Gasteiger partial charge in [0.05, 0.1) is 25.6 Å². The van der Waals surface area contributed by atoms with Crippen LogP contribution in [0.5, 0.6) is 5.75 Å². The van der Waals surface area contributed by atoms with Gasteiger partial charge in [0.15, 0.2) is 11.5 Å². The second kappa shape index (κ2) is 8.82. The van der Waals surface area contributed by atoms with E-state index in [1.807, 2.05) is 36.9 Å². The summed E-state index contributed by atoms with van der Waals surface area (Å²) in [5, 5.41) is 0. The van der Waals surface area contributed by atoms with Crippen LogP contribution in [-0.2, 0) is 4.74 Å². The summed E-state index contributed by atoms with van der Waals surface area (Å²) in [4.78, 5) is 35.2. The van der Waals surface area contributed by atoms with Gasteiger partial charge in [-0.05, 0) is 38.8 Å². The monoisotopic (exact) mass is 383 g/mol. The van der Waals surface area contributed by atoms with Gasteiger partial charge in [-0.2, -0.15) is 0 Å². The Morgan fingerprint density at radius 3 is 2.82 bits per heavy atom. The number of benzene rings is 1. The van der Waals surface area contributed by atoms with Gasteiger partial charge in [0.25, 0.3) is 0 Å². The van der Waals surface area contributed by atoms with E-state index in [9.17, 15) is 9.59 Å². The molecule has 2 aromatic rings. The maximum absolute atomic E-state index is 13.0. The van der Waals surface area contributed by atoms with Gasteiger partial charge < -0.3 is 14.4 Å². The fourth-order valence-electron chi connectivity index (χ4n) is 3.34. The molecule has 1 atom stereocenters. The van der Waals surface area contributed by atoms with Crippen molar-refractivity contribution in [1.29, 1.82) is 0 Å². The second-order valence-corrected chi connectivity index (χ2v) is 7.10. The number of carbonyl (C=O) groups excluding carboxylic acids is 2. The number of piperidine rings is 1. The molecular formula is C21H25N3O4. The molecule has 0 N–H and O–H groups in total. The van der Waals surface area contributed by atoms with Gasteiger partial charge in [-0.15, -0.1) is 0 Å². The highest BCUT2D eigenvalue weighted by Crippen LogP contribution is 2.26. The molecule has 1 aliphatic rings. The Kier molecular flexibility index (Phi) is 6.23. The number of rotatable bonds is 6. The van der Waals surface area contributed by atoms with E-state index in [2.05, 4.69) is 9.97 Å². The van der Waals surface area contributed by atoms with E-state index in [0.717, 1.165) is 19.4 Å². The van der Waals surface area contributed by atoms with Crippen molar-refractivity contribution in [2.45, 2.75) is 32.8 Å². The standard InChI is InChI=1S/C21H25N3O4/c1-14(2)28-17-8-4-6-15(10-17)20(25)16-7-5-9-24(13-16)19-12-22-11-18(23-19)21(26)27-3/h4,6,8,10-12,14,16H,5,7,9,13H2,1-3H3/t16-/m0/s1. The minimum atomic E-state index is -0.527. The van der Waals surface area contributed by atoms with Crippen molar-refractivity contribution in [3.63, 3.8) is 0 Å². The predicted octanol–water partition coefficient (Wildman–Crippen LogP) is 3.15. The first-order chi connectivity index (χ1) is 13.5. The number of hydrogen-bond donors (Lipinski definition) is 0. The van der Waals surface area contributed by atoms with Crippen molar-refractivity contribution in [3.05, 3.63) is 47.9 Å². The zero-order chi connectivity index (χ0) is 20.1. The largest absolute Gasteiger partial charge is 0.491 e. The topological polar surface area (TPSA) is 81.6 Å². The van der Waals surface area contributed by atoms with Crippen molar-refractivity contribution in [2.24, 2.45) is 5.92 Å². The fourth-order valence-corrected chi connectivity index (χ4v) is 3.34. The normalized spacial score (nSPS) is 16.7. The summed E-state index contributed by atoms with van der Waals surface area (Å²) in [7, 11) is 1.31. The summed E-state index contributed by atoms with van der Waals surface area (Å²) in [6.07, 6.45) is 4.71. The summed E-state index contributed by atoms with van der Waals surface area (Å²) >= 11 is 0. The van der Waals surface area contributed by atoms with E-state index in [1.54, 1.807) is 12.3 Å². The molecule has 1 saturated heterocycles. The summed E-state index contributed by atoms with van der Waals surface area (Å²) in [5.41, 5.74) is 0.811. The minimum Gasteiger partial charge on any atom is -0.491 e. The Labute approximate surface area is 164 Å². The predicted molar refractivity (Wildman–Crippen MR) is 105 cm³/mol. The summed E-state index contributed by atoms with van der Waals surface area (Å²) < 4.78 is 10.4. The van der Waals surface area contributed by atoms with Gasteiger partial charge in [-0.1, -0.05) is 12.1 Å². The number of methoxy groups -OCH3 is 1. The van der Waals surface area contributed by atoms with Crippen LogP contribution in [0.2, 0.25) is 0 Å². The average molecular weight is 383 g/mol. The Hall–Kier alpha value is -2.96. The summed E-state index contributed by atoms with van der Waals surface area (Å²) in [6, 6.07) is 7.33. The van der Waals surface area contributed by atoms with Crippen LogP contribution >= 0.6 is 0 Å². The number of anilines is 1. The first-order valence-electron chi connectivity index (χ1n) is 9.44. The number of esters is 1. The maximum atomic E-state index is 13.0. The SMILES string of the molecule is COC(=O)c1cncc(N2CCC[C@H](C(=O)c3cccc(OC(C)C)c3)C2)n1. The summed E-state index contributed by atoms with van der Waals surface area (Å²) in [5.74, 6) is 0.700. The summed E-state index contributed by atoms with van der Waals surface area (Å²) in [6.45, 7) is 5.21. The zero-order valence-electron chi connectivity index (χ0n) is 16.4. The molecule has 0 unspecified atom stereocenters. The number of Topliss-reactive ketones (excluding diaryl/α,β-unsaturated/α-hetero) is 1. The van der Waals surface area contributed by atoms with Crippen molar-refractivity contribution in [1.82, 2.24) is 9.97 Å². The lowest BCUT2D eigenvalue weighted by Gasteiger charge is -2.32. The minimum absolute atomic E-state index is 0.0520. The molecule has 7 nitrogen and oxygen atoms in total. The molecular weight excluding hydrogens is 358 g/mol. The van der Waals surface area contributed by atoms with Crippen molar-refractivity contribution < 1.29 is 19.1 Å². The Morgan fingerprint density at radius 1 is 1.25 bits per heavy atom. The molecule has 0 radical (unpaired) electrons. The fraction of sp³-hybridized carbons (Fsp3) is 0.429. The van der Waals surface area contributed by atoms with E-state index < -0.39 is 5.97 Å². The lowest BCUT2D eigenvalue weighted by Crippen LogP contribution is -2.39. The zero-order valence-corrected chi connectivity index (χ0v) is 16.4. The van der Waals surface area contributed by atoms with Crippen LogP contribution in [0.25, 0.3) is 0 Å². The lowest BCUT2D eigenvalue weighted by molar-refractivity contribution is 0.0593.